The van der Waals surface area contributed by atoms with Crippen molar-refractivity contribution in [3.8, 4) is 0 Å². The highest BCUT2D eigenvalue weighted by Crippen LogP contribution is 2.42. The normalized spacial score (nSPS) is 18.4. The molecule has 3 aromatic carbocycles. The Morgan fingerprint density at radius 2 is 1.58 bits per heavy atom. The molecule has 38 heavy (non-hydrogen) atoms. The molecule has 8 heteroatoms. The molecule has 3 nitrogen and oxygen atoms in total. The summed E-state index contributed by atoms with van der Waals surface area (Å²) in [7, 11) is 0. The molecule has 0 spiro atoms. The van der Waals surface area contributed by atoms with Gasteiger partial charge >= 0.3 is 0 Å². The van der Waals surface area contributed by atoms with Crippen LogP contribution in [0.15, 0.2) is 93.4 Å². The highest BCUT2D eigenvalue weighted by atomic mass is 35.5. The van der Waals surface area contributed by atoms with Gasteiger partial charge in [-0.2, -0.15) is 0 Å². The number of hydrogen-bond donors (Lipinski definition) is 0. The first kappa shape index (κ1) is 25.7. The SMILES string of the molecule is O=c1/c(=C/c2ccc(Cl)cc2Cl)sc2n1[C@@H](c1ccccc1Cl)C1=C(N=2)/C(=C\c2ccccc2Cl)CCC1. The van der Waals surface area contributed by atoms with E-state index >= 15 is 0 Å². The molecule has 2 aliphatic rings. The third kappa shape index (κ3) is 4.70. The molecular weight excluding hydrogens is 578 g/mol. The van der Waals surface area contributed by atoms with Crippen molar-refractivity contribution in [2.45, 2.75) is 25.3 Å². The molecule has 6 rings (SSSR count). The minimum Gasteiger partial charge on any atom is -0.272 e. The van der Waals surface area contributed by atoms with Gasteiger partial charge in [0.15, 0.2) is 4.80 Å². The predicted octanol–water partition coefficient (Wildman–Crippen LogP) is 8.10. The minimum absolute atomic E-state index is 0.126. The van der Waals surface area contributed by atoms with Crippen LogP contribution in [0.2, 0.25) is 20.1 Å². The molecule has 0 radical (unpaired) electrons. The second-order valence-corrected chi connectivity index (χ2v) is 11.9. The number of thiazole rings is 1. The molecule has 0 saturated carbocycles. The Kier molecular flexibility index (Phi) is 7.10. The smallest absolute Gasteiger partial charge is 0.271 e. The summed E-state index contributed by atoms with van der Waals surface area (Å²) in [6, 6.07) is 20.4. The number of nitrogens with zero attached hydrogens (tertiary/aromatic N) is 2. The standard InChI is InChI=1S/C30H20Cl4N2OS/c31-20-13-12-18(25(34)16-20)15-26-29(37)36-28(21-8-2-4-11-24(21)33)22-9-5-7-19(27(22)35-30(36)38-26)14-17-6-1-3-10-23(17)32/h1-4,6,8,10-16,28H,5,7,9H2/b19-14-,26-15-/t28-/m0/s1. The van der Waals surface area contributed by atoms with Crippen LogP contribution in [0.5, 0.6) is 0 Å². The Hall–Kier alpha value is -2.60. The summed E-state index contributed by atoms with van der Waals surface area (Å²) in [6.07, 6.45) is 6.55. The number of halogens is 4. The quantitative estimate of drug-likeness (QED) is 0.235. The van der Waals surface area contributed by atoms with Crippen LogP contribution < -0.4 is 14.9 Å². The molecule has 0 amide bonds. The summed E-state index contributed by atoms with van der Waals surface area (Å²) in [6.45, 7) is 0. The summed E-state index contributed by atoms with van der Waals surface area (Å²) < 4.78 is 2.32. The van der Waals surface area contributed by atoms with Crippen molar-refractivity contribution in [2.24, 2.45) is 4.99 Å². The fourth-order valence-corrected chi connectivity index (χ4v) is 6.95. The molecule has 2 heterocycles. The molecule has 190 valence electrons. The molecule has 0 bridgehead atoms. The van der Waals surface area contributed by atoms with E-state index in [2.05, 4.69) is 6.08 Å². The number of fused-ring (bicyclic) bond motifs is 1. The molecule has 0 unspecified atom stereocenters. The third-order valence-corrected chi connectivity index (χ3v) is 9.05. The van der Waals surface area contributed by atoms with E-state index in [4.69, 9.17) is 51.4 Å². The Morgan fingerprint density at radius 3 is 2.34 bits per heavy atom. The first-order chi connectivity index (χ1) is 18.4. The van der Waals surface area contributed by atoms with Crippen molar-refractivity contribution < 1.29 is 0 Å². The average molecular weight is 598 g/mol. The molecule has 0 fully saturated rings. The Labute approximate surface area is 243 Å². The first-order valence-electron chi connectivity index (χ1n) is 12.1. The maximum atomic E-state index is 13.9. The van der Waals surface area contributed by atoms with E-state index in [1.54, 1.807) is 22.8 Å². The highest BCUT2D eigenvalue weighted by molar-refractivity contribution is 7.07. The third-order valence-electron chi connectivity index (χ3n) is 6.82. The van der Waals surface area contributed by atoms with Crippen LogP contribution in [0.4, 0.5) is 0 Å². The van der Waals surface area contributed by atoms with Crippen LogP contribution in [0.1, 0.15) is 42.0 Å². The molecule has 1 atom stereocenters. The van der Waals surface area contributed by atoms with E-state index in [0.29, 0.717) is 29.4 Å². The van der Waals surface area contributed by atoms with Gasteiger partial charge < -0.3 is 0 Å². The molecular formula is C30H20Cl4N2OS. The summed E-state index contributed by atoms with van der Waals surface area (Å²) >= 11 is 27.1. The van der Waals surface area contributed by atoms with Crippen LogP contribution in [0.3, 0.4) is 0 Å². The van der Waals surface area contributed by atoms with Crippen molar-refractivity contribution in [1.29, 1.82) is 0 Å². The van der Waals surface area contributed by atoms with Gasteiger partial charge in [-0.1, -0.05) is 100 Å². The van der Waals surface area contributed by atoms with Crippen LogP contribution >= 0.6 is 57.7 Å². The summed E-state index contributed by atoms with van der Waals surface area (Å²) in [5.74, 6) is 0. The molecule has 1 aliphatic carbocycles. The number of benzene rings is 3. The number of hydrogen-bond acceptors (Lipinski definition) is 3. The Morgan fingerprint density at radius 1 is 0.842 bits per heavy atom. The predicted molar refractivity (Wildman–Crippen MR) is 159 cm³/mol. The van der Waals surface area contributed by atoms with E-state index in [1.807, 2.05) is 54.6 Å². The van der Waals surface area contributed by atoms with E-state index in [-0.39, 0.29) is 11.6 Å². The van der Waals surface area contributed by atoms with Crippen LogP contribution in [0.25, 0.3) is 12.2 Å². The van der Waals surface area contributed by atoms with Crippen LogP contribution in [-0.4, -0.2) is 4.57 Å². The van der Waals surface area contributed by atoms with Crippen molar-refractivity contribution in [2.75, 3.05) is 0 Å². The second-order valence-electron chi connectivity index (χ2n) is 9.19. The van der Waals surface area contributed by atoms with E-state index < -0.39 is 0 Å². The monoisotopic (exact) mass is 596 g/mol. The molecule has 1 aromatic heterocycles. The average Bonchev–Trinajstić information content (AvgIpc) is 3.21. The Bertz CT molecular complexity index is 1830. The lowest BCUT2D eigenvalue weighted by Gasteiger charge is -2.31. The van der Waals surface area contributed by atoms with E-state index in [1.165, 1.54) is 11.3 Å². The van der Waals surface area contributed by atoms with E-state index in [9.17, 15) is 4.79 Å². The van der Waals surface area contributed by atoms with Gasteiger partial charge in [-0.25, -0.2) is 4.99 Å². The summed E-state index contributed by atoms with van der Waals surface area (Å²) in [5, 5.41) is 2.33. The maximum absolute atomic E-state index is 13.9. The largest absolute Gasteiger partial charge is 0.272 e. The van der Waals surface area contributed by atoms with Gasteiger partial charge in [0, 0.05) is 20.1 Å². The van der Waals surface area contributed by atoms with Gasteiger partial charge in [0.05, 0.1) is 16.3 Å². The van der Waals surface area contributed by atoms with Crippen molar-refractivity contribution in [3.05, 3.63) is 140 Å². The molecule has 0 N–H and O–H groups in total. The van der Waals surface area contributed by atoms with E-state index in [0.717, 1.165) is 52.8 Å². The van der Waals surface area contributed by atoms with Crippen LogP contribution in [0, 0.1) is 0 Å². The molecule has 1 aliphatic heterocycles. The number of rotatable bonds is 3. The minimum atomic E-state index is -0.354. The second kappa shape index (κ2) is 10.5. The summed E-state index contributed by atoms with van der Waals surface area (Å²) in [4.78, 5) is 19.6. The molecule has 0 saturated heterocycles. The van der Waals surface area contributed by atoms with Gasteiger partial charge in [-0.15, -0.1) is 0 Å². The Balaban J connectivity index is 1.61. The molecule has 4 aromatic rings. The zero-order chi connectivity index (χ0) is 26.4. The maximum Gasteiger partial charge on any atom is 0.271 e. The van der Waals surface area contributed by atoms with Gasteiger partial charge in [0.1, 0.15) is 0 Å². The number of allylic oxidation sites excluding steroid dienone is 2. The van der Waals surface area contributed by atoms with Gasteiger partial charge in [-0.05, 0) is 83.5 Å². The zero-order valence-corrected chi connectivity index (χ0v) is 23.8. The van der Waals surface area contributed by atoms with Crippen molar-refractivity contribution in [1.82, 2.24) is 4.57 Å². The summed E-state index contributed by atoms with van der Waals surface area (Å²) in [5.41, 5.74) is 5.53. The fourth-order valence-electron chi connectivity index (χ4n) is 5.07. The fraction of sp³-hybridized carbons (Fsp3) is 0.133. The number of aromatic nitrogens is 1. The zero-order valence-electron chi connectivity index (χ0n) is 19.9. The van der Waals surface area contributed by atoms with Gasteiger partial charge in [0.25, 0.3) is 5.56 Å². The van der Waals surface area contributed by atoms with Crippen molar-refractivity contribution in [3.63, 3.8) is 0 Å². The van der Waals surface area contributed by atoms with Crippen LogP contribution in [-0.2, 0) is 0 Å². The van der Waals surface area contributed by atoms with Gasteiger partial charge in [-0.3, -0.25) is 9.36 Å². The lowest BCUT2D eigenvalue weighted by atomic mass is 9.84. The lowest BCUT2D eigenvalue weighted by molar-refractivity contribution is 0.553. The first-order valence-corrected chi connectivity index (χ1v) is 14.4. The van der Waals surface area contributed by atoms with Gasteiger partial charge in [0.2, 0.25) is 0 Å². The van der Waals surface area contributed by atoms with Crippen molar-refractivity contribution >= 4 is 69.9 Å². The lowest BCUT2D eigenvalue weighted by Crippen LogP contribution is -2.39. The highest BCUT2D eigenvalue weighted by Gasteiger charge is 2.33. The topological polar surface area (TPSA) is 34.4 Å².